The molecule has 8 heteroatoms. The maximum atomic E-state index is 13.3. The van der Waals surface area contributed by atoms with Crippen molar-refractivity contribution in [2.75, 3.05) is 20.1 Å². The van der Waals surface area contributed by atoms with Crippen LogP contribution < -0.4 is 10.6 Å². The highest BCUT2D eigenvalue weighted by molar-refractivity contribution is 6.02. The van der Waals surface area contributed by atoms with Crippen LogP contribution in [0.5, 0.6) is 0 Å². The average molecular weight is 448 g/mol. The highest BCUT2D eigenvalue weighted by Crippen LogP contribution is 2.36. The fraction of sp³-hybridized carbons (Fsp3) is 0.360. The molecule has 2 aliphatic heterocycles. The van der Waals surface area contributed by atoms with Crippen molar-refractivity contribution >= 4 is 17.8 Å². The summed E-state index contributed by atoms with van der Waals surface area (Å²) < 4.78 is 0. The molecule has 0 unspecified atom stereocenters. The molecule has 0 aliphatic carbocycles. The molecule has 0 saturated carbocycles. The van der Waals surface area contributed by atoms with Crippen LogP contribution in [0.4, 0.5) is 4.79 Å². The van der Waals surface area contributed by atoms with Crippen molar-refractivity contribution in [3.8, 4) is 0 Å². The lowest BCUT2D eigenvalue weighted by atomic mass is 9.85. The minimum Gasteiger partial charge on any atom is -0.350 e. The first kappa shape index (κ1) is 22.5. The summed E-state index contributed by atoms with van der Waals surface area (Å²) in [4.78, 5) is 45.4. The minimum atomic E-state index is -0.548. The summed E-state index contributed by atoms with van der Waals surface area (Å²) in [5.74, 6) is -0.502. The lowest BCUT2D eigenvalue weighted by Crippen LogP contribution is -2.45. The van der Waals surface area contributed by atoms with Crippen LogP contribution in [0.25, 0.3) is 0 Å². The number of amides is 4. The molecule has 2 aromatic rings. The van der Waals surface area contributed by atoms with Crippen molar-refractivity contribution < 1.29 is 14.4 Å². The van der Waals surface area contributed by atoms with Crippen LogP contribution in [-0.2, 0) is 21.5 Å². The molecule has 1 aromatic heterocycles. The van der Waals surface area contributed by atoms with E-state index in [4.69, 9.17) is 0 Å². The molecule has 0 saturated heterocycles. The molecule has 4 rings (SSSR count). The molecule has 0 bridgehead atoms. The third kappa shape index (κ3) is 4.60. The molecule has 2 N–H and O–H groups in total. The highest BCUT2D eigenvalue weighted by atomic mass is 16.2. The Morgan fingerprint density at radius 1 is 1.18 bits per heavy atom. The van der Waals surface area contributed by atoms with Gasteiger partial charge in [-0.15, -0.1) is 0 Å². The number of nitrogens with one attached hydrogen (secondary N) is 2. The van der Waals surface area contributed by atoms with Crippen LogP contribution in [0.2, 0.25) is 0 Å². The average Bonchev–Trinajstić information content (AvgIpc) is 3.11. The summed E-state index contributed by atoms with van der Waals surface area (Å²) >= 11 is 0. The molecule has 2 aliphatic rings. The molecule has 0 fully saturated rings. The smallest absolute Gasteiger partial charge is 0.322 e. The Balaban J connectivity index is 1.50. The van der Waals surface area contributed by atoms with Crippen LogP contribution in [-0.4, -0.2) is 52.8 Å². The van der Waals surface area contributed by atoms with Crippen molar-refractivity contribution in [2.45, 2.75) is 38.8 Å². The van der Waals surface area contributed by atoms with E-state index in [-0.39, 0.29) is 36.3 Å². The molecule has 3 heterocycles. The first-order valence-electron chi connectivity index (χ1n) is 11.0. The Kier molecular flexibility index (Phi) is 5.93. The Labute approximate surface area is 193 Å². The van der Waals surface area contributed by atoms with E-state index in [2.05, 4.69) is 36.4 Å². The quantitative estimate of drug-likeness (QED) is 0.736. The lowest BCUT2D eigenvalue weighted by Gasteiger charge is -2.31. The predicted molar refractivity (Wildman–Crippen MR) is 124 cm³/mol. The van der Waals surface area contributed by atoms with E-state index < -0.39 is 6.04 Å². The standard InChI is InChI=1S/C25H29N5O3/c1-25(2,3)18-9-7-17(8-10-18)22-21-19(29(4)24(33)28-22)14-30(23(21)32)15-20(31)27-13-16-6-5-11-26-12-16/h5-12,22H,13-15H2,1-4H3,(H,27,31)(H,28,33)/t22-/m1/s1. The lowest BCUT2D eigenvalue weighted by molar-refractivity contribution is -0.132. The zero-order valence-corrected chi connectivity index (χ0v) is 19.4. The SMILES string of the molecule is CN1C(=O)N[C@H](c2ccc(C(C)(C)C)cc2)C2=C1CN(CC(=O)NCc1cccnc1)C2=O. The van der Waals surface area contributed by atoms with E-state index in [1.807, 2.05) is 30.3 Å². The highest BCUT2D eigenvalue weighted by Gasteiger charge is 2.43. The van der Waals surface area contributed by atoms with Gasteiger partial charge in [0.2, 0.25) is 5.91 Å². The Morgan fingerprint density at radius 3 is 2.55 bits per heavy atom. The number of pyridine rings is 1. The van der Waals surface area contributed by atoms with Gasteiger partial charge in [-0.25, -0.2) is 4.79 Å². The molecular weight excluding hydrogens is 418 g/mol. The van der Waals surface area contributed by atoms with Gasteiger partial charge >= 0.3 is 6.03 Å². The molecule has 1 aromatic carbocycles. The number of urea groups is 1. The van der Waals surface area contributed by atoms with Crippen LogP contribution in [0.3, 0.4) is 0 Å². The van der Waals surface area contributed by atoms with E-state index >= 15 is 0 Å². The minimum absolute atomic E-state index is 0.00212. The van der Waals surface area contributed by atoms with Gasteiger partial charge in [-0.05, 0) is 28.2 Å². The second-order valence-corrected chi connectivity index (χ2v) is 9.47. The Hall–Kier alpha value is -3.68. The Morgan fingerprint density at radius 2 is 1.91 bits per heavy atom. The van der Waals surface area contributed by atoms with Gasteiger partial charge < -0.3 is 15.5 Å². The maximum absolute atomic E-state index is 13.3. The number of likely N-dealkylation sites (N-methyl/N-ethyl adjacent to an activating group) is 1. The van der Waals surface area contributed by atoms with Gasteiger partial charge in [0.15, 0.2) is 0 Å². The van der Waals surface area contributed by atoms with Crippen LogP contribution >= 0.6 is 0 Å². The van der Waals surface area contributed by atoms with E-state index in [9.17, 15) is 14.4 Å². The third-order valence-electron chi connectivity index (χ3n) is 6.09. The van der Waals surface area contributed by atoms with Gasteiger partial charge in [0.1, 0.15) is 6.54 Å². The summed E-state index contributed by atoms with van der Waals surface area (Å²) in [7, 11) is 1.64. The van der Waals surface area contributed by atoms with Gasteiger partial charge in [-0.3, -0.25) is 19.5 Å². The van der Waals surface area contributed by atoms with Gasteiger partial charge in [-0.2, -0.15) is 0 Å². The van der Waals surface area contributed by atoms with Crippen molar-refractivity contribution in [1.82, 2.24) is 25.4 Å². The van der Waals surface area contributed by atoms with Crippen molar-refractivity contribution in [2.24, 2.45) is 0 Å². The number of hydrogen-bond donors (Lipinski definition) is 2. The molecule has 33 heavy (non-hydrogen) atoms. The number of carbonyl (C=O) groups excluding carboxylic acids is 3. The van der Waals surface area contributed by atoms with Gasteiger partial charge in [0.25, 0.3) is 5.91 Å². The van der Waals surface area contributed by atoms with Crippen molar-refractivity contribution in [3.63, 3.8) is 0 Å². The van der Waals surface area contributed by atoms with Crippen molar-refractivity contribution in [3.05, 3.63) is 76.8 Å². The fourth-order valence-corrected chi connectivity index (χ4v) is 4.11. The maximum Gasteiger partial charge on any atom is 0.322 e. The summed E-state index contributed by atoms with van der Waals surface area (Å²) in [6.45, 7) is 6.89. The molecule has 0 radical (unpaired) electrons. The van der Waals surface area contributed by atoms with Gasteiger partial charge in [0, 0.05) is 26.0 Å². The van der Waals surface area contributed by atoms with E-state index in [1.54, 1.807) is 25.5 Å². The van der Waals surface area contributed by atoms with Crippen molar-refractivity contribution in [1.29, 1.82) is 0 Å². The van der Waals surface area contributed by atoms with Gasteiger partial charge in [0.05, 0.1) is 23.9 Å². The molecular formula is C25H29N5O3. The summed E-state index contributed by atoms with van der Waals surface area (Å²) in [5, 5.41) is 5.76. The summed E-state index contributed by atoms with van der Waals surface area (Å²) in [6, 6.07) is 10.8. The number of aromatic nitrogens is 1. The number of hydrogen-bond acceptors (Lipinski definition) is 4. The van der Waals surface area contributed by atoms with E-state index in [0.29, 0.717) is 17.8 Å². The fourth-order valence-electron chi connectivity index (χ4n) is 4.11. The topological polar surface area (TPSA) is 94.6 Å². The van der Waals surface area contributed by atoms with E-state index in [0.717, 1.165) is 11.1 Å². The molecule has 1 atom stereocenters. The zero-order valence-electron chi connectivity index (χ0n) is 19.4. The summed E-state index contributed by atoms with van der Waals surface area (Å²) in [6.07, 6.45) is 3.35. The monoisotopic (exact) mass is 447 g/mol. The molecule has 8 nitrogen and oxygen atoms in total. The second-order valence-electron chi connectivity index (χ2n) is 9.47. The van der Waals surface area contributed by atoms with Crippen LogP contribution in [0.1, 0.15) is 43.5 Å². The predicted octanol–water partition coefficient (Wildman–Crippen LogP) is 2.49. The second kappa shape index (κ2) is 8.69. The number of carbonyl (C=O) groups is 3. The normalized spacial score (nSPS) is 18.4. The third-order valence-corrected chi connectivity index (χ3v) is 6.09. The number of rotatable bonds is 5. The first-order valence-corrected chi connectivity index (χ1v) is 11.0. The van der Waals surface area contributed by atoms with Crippen LogP contribution in [0, 0.1) is 0 Å². The molecule has 0 spiro atoms. The largest absolute Gasteiger partial charge is 0.350 e. The first-order chi connectivity index (χ1) is 15.6. The number of nitrogens with zero attached hydrogens (tertiary/aromatic N) is 3. The van der Waals surface area contributed by atoms with Gasteiger partial charge in [-0.1, -0.05) is 51.1 Å². The van der Waals surface area contributed by atoms with Crippen LogP contribution in [0.15, 0.2) is 60.1 Å². The molecule has 172 valence electrons. The summed E-state index contributed by atoms with van der Waals surface area (Å²) in [5.41, 5.74) is 4.04. The molecule has 4 amide bonds. The zero-order chi connectivity index (χ0) is 23.8. The Bertz CT molecular complexity index is 1100. The number of benzene rings is 1. The van der Waals surface area contributed by atoms with E-state index in [1.165, 1.54) is 15.4 Å².